The topological polar surface area (TPSA) is 93.7 Å². The molecule has 31 heavy (non-hydrogen) atoms. The fraction of sp³-hybridized carbons (Fsp3) is 0.136. The molecule has 4 rings (SSSR count). The van der Waals surface area contributed by atoms with Crippen molar-refractivity contribution in [3.05, 3.63) is 83.7 Å². The molecule has 7 nitrogen and oxygen atoms in total. The zero-order valence-electron chi connectivity index (χ0n) is 16.3. The first-order valence-corrected chi connectivity index (χ1v) is 10.9. The number of fused-ring (bicyclic) bond motifs is 1. The highest BCUT2D eigenvalue weighted by atomic mass is 32.2. The van der Waals surface area contributed by atoms with Crippen LogP contribution in [0.3, 0.4) is 0 Å². The van der Waals surface area contributed by atoms with Gasteiger partial charge in [-0.05, 0) is 48.4 Å². The first-order chi connectivity index (χ1) is 14.9. The number of nitrogens with one attached hydrogen (secondary N) is 2. The third-order valence-corrected chi connectivity index (χ3v) is 6.05. The van der Waals surface area contributed by atoms with Gasteiger partial charge in [-0.1, -0.05) is 24.3 Å². The van der Waals surface area contributed by atoms with Crippen LogP contribution in [0, 0.1) is 5.82 Å². The van der Waals surface area contributed by atoms with Crippen LogP contribution in [0.2, 0.25) is 0 Å². The summed E-state index contributed by atoms with van der Waals surface area (Å²) in [4.78, 5) is 12.4. The average Bonchev–Trinajstić information content (AvgIpc) is 3.23. The molecule has 0 atom stereocenters. The summed E-state index contributed by atoms with van der Waals surface area (Å²) >= 11 is 0. The third-order valence-electron chi connectivity index (χ3n) is 4.67. The highest BCUT2D eigenvalue weighted by Crippen LogP contribution is 2.34. The second-order valence-electron chi connectivity index (χ2n) is 6.80. The molecule has 3 aromatic rings. The van der Waals surface area contributed by atoms with E-state index in [2.05, 4.69) is 10.0 Å². The molecule has 0 unspecified atom stereocenters. The molecule has 0 saturated heterocycles. The summed E-state index contributed by atoms with van der Waals surface area (Å²) in [5.41, 5.74) is 0.984. The number of hydrogen-bond donors (Lipinski definition) is 2. The molecular formula is C22H19FN2O5S. The standard InChI is InChI=1S/C22H19FN2O5S/c23-19-7-2-1-4-15(19)10-11-24-22(26)16-5-3-6-18(12-16)31(27,28)25-17-8-9-20-21(13-17)30-14-29-20/h1-9,12-13,25H,10-11,14H2,(H,24,26). The van der Waals surface area contributed by atoms with E-state index >= 15 is 0 Å². The Morgan fingerprint density at radius 2 is 1.77 bits per heavy atom. The number of halogens is 1. The zero-order valence-corrected chi connectivity index (χ0v) is 17.1. The largest absolute Gasteiger partial charge is 0.454 e. The number of benzene rings is 3. The van der Waals surface area contributed by atoms with Gasteiger partial charge in [-0.15, -0.1) is 0 Å². The molecule has 0 fully saturated rings. The lowest BCUT2D eigenvalue weighted by Crippen LogP contribution is -2.26. The zero-order chi connectivity index (χ0) is 21.8. The van der Waals surface area contributed by atoms with Crippen LogP contribution < -0.4 is 19.5 Å². The maximum absolute atomic E-state index is 13.7. The minimum Gasteiger partial charge on any atom is -0.454 e. The van der Waals surface area contributed by atoms with Crippen LogP contribution in [0.1, 0.15) is 15.9 Å². The minimum absolute atomic E-state index is 0.0630. The van der Waals surface area contributed by atoms with Crippen molar-refractivity contribution in [3.8, 4) is 11.5 Å². The molecule has 1 aliphatic rings. The van der Waals surface area contributed by atoms with Crippen molar-refractivity contribution >= 4 is 21.6 Å². The molecule has 1 aliphatic heterocycles. The lowest BCUT2D eigenvalue weighted by molar-refractivity contribution is 0.0953. The van der Waals surface area contributed by atoms with Crippen molar-refractivity contribution in [2.45, 2.75) is 11.3 Å². The molecule has 0 bridgehead atoms. The second kappa shape index (κ2) is 8.65. The van der Waals surface area contributed by atoms with E-state index < -0.39 is 15.9 Å². The summed E-state index contributed by atoms with van der Waals surface area (Å²) in [6.07, 6.45) is 0.322. The minimum atomic E-state index is -3.93. The monoisotopic (exact) mass is 442 g/mol. The number of sulfonamides is 1. The molecule has 1 heterocycles. The number of carbonyl (C=O) groups excluding carboxylic acids is 1. The van der Waals surface area contributed by atoms with E-state index in [0.29, 0.717) is 29.2 Å². The summed E-state index contributed by atoms with van der Waals surface area (Å²) in [6.45, 7) is 0.297. The van der Waals surface area contributed by atoms with Gasteiger partial charge in [0, 0.05) is 18.2 Å². The van der Waals surface area contributed by atoms with Gasteiger partial charge in [0.25, 0.3) is 15.9 Å². The van der Waals surface area contributed by atoms with Crippen molar-refractivity contribution in [3.63, 3.8) is 0 Å². The van der Waals surface area contributed by atoms with Gasteiger partial charge in [-0.25, -0.2) is 12.8 Å². The van der Waals surface area contributed by atoms with Crippen LogP contribution in [0.5, 0.6) is 11.5 Å². The van der Waals surface area contributed by atoms with E-state index in [-0.39, 0.29) is 29.6 Å². The van der Waals surface area contributed by atoms with Crippen LogP contribution in [0.25, 0.3) is 0 Å². The highest BCUT2D eigenvalue weighted by Gasteiger charge is 2.19. The van der Waals surface area contributed by atoms with Gasteiger partial charge in [0.05, 0.1) is 10.6 Å². The molecule has 2 N–H and O–H groups in total. The number of ether oxygens (including phenoxy) is 2. The van der Waals surface area contributed by atoms with Gasteiger partial charge in [0.15, 0.2) is 11.5 Å². The SMILES string of the molecule is O=C(NCCc1ccccc1F)c1cccc(S(=O)(=O)Nc2ccc3c(c2)OCO3)c1. The lowest BCUT2D eigenvalue weighted by Gasteiger charge is -2.10. The molecule has 160 valence electrons. The van der Waals surface area contributed by atoms with E-state index in [4.69, 9.17) is 9.47 Å². The Balaban J connectivity index is 1.43. The van der Waals surface area contributed by atoms with Crippen LogP contribution in [-0.4, -0.2) is 27.7 Å². The number of amides is 1. The van der Waals surface area contributed by atoms with E-state index in [1.54, 1.807) is 30.3 Å². The van der Waals surface area contributed by atoms with Gasteiger partial charge in [-0.2, -0.15) is 0 Å². The van der Waals surface area contributed by atoms with Gasteiger partial charge in [-0.3, -0.25) is 9.52 Å². The summed E-state index contributed by atoms with van der Waals surface area (Å²) < 4.78 is 52.1. The molecule has 3 aromatic carbocycles. The predicted molar refractivity (Wildman–Crippen MR) is 112 cm³/mol. The number of rotatable bonds is 7. The Hall–Kier alpha value is -3.59. The first kappa shape index (κ1) is 20.7. The fourth-order valence-electron chi connectivity index (χ4n) is 3.09. The van der Waals surface area contributed by atoms with E-state index in [1.807, 2.05) is 0 Å². The molecule has 1 amide bonds. The molecule has 0 aliphatic carbocycles. The molecular weight excluding hydrogens is 423 g/mol. The quantitative estimate of drug-likeness (QED) is 0.586. The molecule has 0 saturated carbocycles. The average molecular weight is 442 g/mol. The lowest BCUT2D eigenvalue weighted by atomic mass is 10.1. The Labute approximate surface area is 178 Å². The number of carbonyl (C=O) groups is 1. The summed E-state index contributed by atoms with van der Waals surface area (Å²) in [5, 5.41) is 2.68. The Morgan fingerprint density at radius 1 is 0.968 bits per heavy atom. The van der Waals surface area contributed by atoms with Crippen molar-refractivity contribution < 1.29 is 27.1 Å². The normalized spacial score (nSPS) is 12.4. The fourth-order valence-corrected chi connectivity index (χ4v) is 4.19. The van der Waals surface area contributed by atoms with Crippen molar-refractivity contribution in [2.75, 3.05) is 18.1 Å². The van der Waals surface area contributed by atoms with Gasteiger partial charge < -0.3 is 14.8 Å². The molecule has 0 spiro atoms. The number of anilines is 1. The molecule has 0 radical (unpaired) electrons. The van der Waals surface area contributed by atoms with E-state index in [0.717, 1.165) is 0 Å². The smallest absolute Gasteiger partial charge is 0.261 e. The predicted octanol–water partition coefficient (Wildman–Crippen LogP) is 3.33. The molecule has 0 aromatic heterocycles. The van der Waals surface area contributed by atoms with Crippen LogP contribution in [0.4, 0.5) is 10.1 Å². The van der Waals surface area contributed by atoms with Gasteiger partial charge >= 0.3 is 0 Å². The van der Waals surface area contributed by atoms with Crippen LogP contribution in [0.15, 0.2) is 71.6 Å². The Kier molecular flexibility index (Phi) is 5.77. The summed E-state index contributed by atoms with van der Waals surface area (Å²) in [6, 6.07) is 16.7. The third kappa shape index (κ3) is 4.77. The van der Waals surface area contributed by atoms with Gasteiger partial charge in [0.1, 0.15) is 5.82 Å². The molecule has 9 heteroatoms. The van der Waals surface area contributed by atoms with Crippen molar-refractivity contribution in [1.29, 1.82) is 0 Å². The summed E-state index contributed by atoms with van der Waals surface area (Å²) in [7, 11) is -3.93. The highest BCUT2D eigenvalue weighted by molar-refractivity contribution is 7.92. The maximum atomic E-state index is 13.7. The van der Waals surface area contributed by atoms with Crippen LogP contribution >= 0.6 is 0 Å². The van der Waals surface area contributed by atoms with E-state index in [9.17, 15) is 17.6 Å². The second-order valence-corrected chi connectivity index (χ2v) is 8.48. The van der Waals surface area contributed by atoms with Crippen molar-refractivity contribution in [2.24, 2.45) is 0 Å². The maximum Gasteiger partial charge on any atom is 0.261 e. The van der Waals surface area contributed by atoms with Crippen molar-refractivity contribution in [1.82, 2.24) is 5.32 Å². The number of hydrogen-bond acceptors (Lipinski definition) is 5. The van der Waals surface area contributed by atoms with Gasteiger partial charge in [0.2, 0.25) is 6.79 Å². The Bertz CT molecular complexity index is 1230. The van der Waals surface area contributed by atoms with E-state index in [1.165, 1.54) is 36.4 Å². The first-order valence-electron chi connectivity index (χ1n) is 9.46. The van der Waals surface area contributed by atoms with Crippen LogP contribution in [-0.2, 0) is 16.4 Å². The summed E-state index contributed by atoms with van der Waals surface area (Å²) in [5.74, 6) is 0.205. The Morgan fingerprint density at radius 3 is 2.61 bits per heavy atom.